The Morgan fingerprint density at radius 3 is 2.50 bits per heavy atom. The van der Waals surface area contributed by atoms with E-state index in [1.165, 1.54) is 25.7 Å². The molecule has 4 fully saturated rings. The molecule has 3 nitrogen and oxygen atoms in total. The predicted octanol–water partition coefficient (Wildman–Crippen LogP) is 5.19. The third-order valence-electron chi connectivity index (χ3n) is 10.2. The molecule has 0 heterocycles. The highest BCUT2D eigenvalue weighted by molar-refractivity contribution is 5.83. The maximum atomic E-state index is 13.4. The summed E-state index contributed by atoms with van der Waals surface area (Å²) in [4.78, 5) is 24.9. The standard InChI is InChI=1S/C25H40O3/c1-15(5-6-16(2)26)19-7-8-20-23-21(10-12-25(19,20)4)24(3)11-9-18(27)13-17(24)14-22(23)28/h15,17-21,23,27H,5-14H2,1-4H3/t15-,17?,18-,19-,20?,21?,23?,24+,25-/m1/s1. The maximum absolute atomic E-state index is 13.4. The van der Waals surface area contributed by atoms with Gasteiger partial charge in [0, 0.05) is 18.8 Å². The lowest BCUT2D eigenvalue weighted by molar-refractivity contribution is -0.160. The molecule has 4 unspecified atom stereocenters. The number of ketones is 2. The van der Waals surface area contributed by atoms with Gasteiger partial charge in [0.05, 0.1) is 6.10 Å². The molecule has 4 saturated carbocycles. The van der Waals surface area contributed by atoms with Gasteiger partial charge >= 0.3 is 0 Å². The summed E-state index contributed by atoms with van der Waals surface area (Å²) < 4.78 is 0. The zero-order valence-corrected chi connectivity index (χ0v) is 18.4. The molecule has 28 heavy (non-hydrogen) atoms. The summed E-state index contributed by atoms with van der Waals surface area (Å²) in [5.74, 6) is 3.74. The maximum Gasteiger partial charge on any atom is 0.136 e. The molecule has 0 bridgehead atoms. The van der Waals surface area contributed by atoms with Gasteiger partial charge in [-0.25, -0.2) is 0 Å². The van der Waals surface area contributed by atoms with Crippen molar-refractivity contribution in [3.05, 3.63) is 0 Å². The van der Waals surface area contributed by atoms with Crippen LogP contribution in [0.2, 0.25) is 0 Å². The van der Waals surface area contributed by atoms with E-state index >= 15 is 0 Å². The van der Waals surface area contributed by atoms with Gasteiger partial charge < -0.3 is 9.90 Å². The van der Waals surface area contributed by atoms with E-state index in [2.05, 4.69) is 20.8 Å². The Morgan fingerprint density at radius 2 is 1.79 bits per heavy atom. The molecule has 0 aromatic heterocycles. The molecule has 0 amide bonds. The van der Waals surface area contributed by atoms with Crippen molar-refractivity contribution in [2.24, 2.45) is 46.3 Å². The number of rotatable bonds is 4. The molecule has 0 aromatic rings. The van der Waals surface area contributed by atoms with Crippen LogP contribution in [-0.4, -0.2) is 22.8 Å². The monoisotopic (exact) mass is 388 g/mol. The quantitative estimate of drug-likeness (QED) is 0.721. The van der Waals surface area contributed by atoms with Crippen LogP contribution in [0.15, 0.2) is 0 Å². The van der Waals surface area contributed by atoms with Crippen molar-refractivity contribution in [1.82, 2.24) is 0 Å². The molecule has 4 aliphatic rings. The van der Waals surface area contributed by atoms with Crippen LogP contribution in [0.3, 0.4) is 0 Å². The molecule has 0 radical (unpaired) electrons. The number of aliphatic hydroxyl groups is 1. The first-order valence-corrected chi connectivity index (χ1v) is 11.9. The van der Waals surface area contributed by atoms with Crippen LogP contribution in [0, 0.1) is 46.3 Å². The van der Waals surface area contributed by atoms with Crippen LogP contribution in [0.5, 0.6) is 0 Å². The Morgan fingerprint density at radius 1 is 1.11 bits per heavy atom. The van der Waals surface area contributed by atoms with E-state index in [-0.39, 0.29) is 22.9 Å². The Labute approximate surface area is 171 Å². The molecule has 1 N–H and O–H groups in total. The molecule has 0 aliphatic heterocycles. The van der Waals surface area contributed by atoms with Crippen LogP contribution in [0.1, 0.15) is 91.9 Å². The highest BCUT2D eigenvalue weighted by atomic mass is 16.3. The largest absolute Gasteiger partial charge is 0.393 e. The van der Waals surface area contributed by atoms with Gasteiger partial charge in [-0.3, -0.25) is 4.79 Å². The summed E-state index contributed by atoms with van der Waals surface area (Å²) in [5.41, 5.74) is 0.516. The second-order valence-electron chi connectivity index (χ2n) is 11.5. The van der Waals surface area contributed by atoms with Crippen molar-refractivity contribution in [2.75, 3.05) is 0 Å². The summed E-state index contributed by atoms with van der Waals surface area (Å²) >= 11 is 0. The SMILES string of the molecule is CC(=O)CC[C@@H](C)[C@H]1CCC2C3C(=O)CC4C[C@H](O)CC[C@]4(C)C3CC[C@@]21C. The zero-order chi connectivity index (χ0) is 20.3. The van der Waals surface area contributed by atoms with Crippen molar-refractivity contribution in [1.29, 1.82) is 0 Å². The predicted molar refractivity (Wildman–Crippen MR) is 111 cm³/mol. The van der Waals surface area contributed by atoms with E-state index in [0.717, 1.165) is 25.7 Å². The van der Waals surface area contributed by atoms with E-state index in [9.17, 15) is 14.7 Å². The lowest BCUT2D eigenvalue weighted by Gasteiger charge is -2.60. The van der Waals surface area contributed by atoms with Crippen LogP contribution >= 0.6 is 0 Å². The fraction of sp³-hybridized carbons (Fsp3) is 0.920. The Hall–Kier alpha value is -0.700. The van der Waals surface area contributed by atoms with E-state index in [4.69, 9.17) is 0 Å². The molecule has 158 valence electrons. The Kier molecular flexibility index (Phi) is 5.30. The van der Waals surface area contributed by atoms with Crippen LogP contribution in [0.25, 0.3) is 0 Å². The van der Waals surface area contributed by atoms with Gasteiger partial charge in [-0.15, -0.1) is 0 Å². The first kappa shape index (κ1) is 20.6. The second kappa shape index (κ2) is 7.22. The summed E-state index contributed by atoms with van der Waals surface area (Å²) in [6, 6.07) is 0. The number of carbonyl (C=O) groups is 2. The number of hydrogen-bond donors (Lipinski definition) is 1. The van der Waals surface area contributed by atoms with Gasteiger partial charge in [-0.05, 0) is 98.7 Å². The topological polar surface area (TPSA) is 54.4 Å². The molecule has 9 atom stereocenters. The van der Waals surface area contributed by atoms with Crippen molar-refractivity contribution < 1.29 is 14.7 Å². The van der Waals surface area contributed by atoms with Gasteiger partial charge in [0.1, 0.15) is 11.6 Å². The van der Waals surface area contributed by atoms with Crippen molar-refractivity contribution in [3.8, 4) is 0 Å². The molecular formula is C25H40O3. The number of fused-ring (bicyclic) bond motifs is 5. The van der Waals surface area contributed by atoms with Crippen LogP contribution in [-0.2, 0) is 9.59 Å². The second-order valence-corrected chi connectivity index (χ2v) is 11.5. The van der Waals surface area contributed by atoms with E-state index in [1.807, 2.05) is 0 Å². The molecule has 4 rings (SSSR count). The average Bonchev–Trinajstić information content (AvgIpc) is 2.98. The fourth-order valence-corrected chi connectivity index (χ4v) is 8.52. The van der Waals surface area contributed by atoms with Gasteiger partial charge in [-0.1, -0.05) is 20.8 Å². The van der Waals surface area contributed by atoms with E-state index in [1.54, 1.807) is 6.92 Å². The third-order valence-corrected chi connectivity index (χ3v) is 10.2. The van der Waals surface area contributed by atoms with Gasteiger partial charge in [0.25, 0.3) is 0 Å². The normalized spacial score (nSPS) is 49.1. The fourth-order valence-electron chi connectivity index (χ4n) is 8.52. The van der Waals surface area contributed by atoms with E-state index < -0.39 is 0 Å². The summed E-state index contributed by atoms with van der Waals surface area (Å²) in [5, 5.41) is 10.2. The Bertz CT molecular complexity index is 642. The minimum absolute atomic E-state index is 0.200. The first-order chi connectivity index (χ1) is 13.2. The summed E-state index contributed by atoms with van der Waals surface area (Å²) in [6.45, 7) is 8.96. The zero-order valence-electron chi connectivity index (χ0n) is 18.4. The number of carbonyl (C=O) groups excluding carboxylic acids is 2. The van der Waals surface area contributed by atoms with E-state index in [0.29, 0.717) is 54.0 Å². The molecule has 4 aliphatic carbocycles. The smallest absolute Gasteiger partial charge is 0.136 e. The van der Waals surface area contributed by atoms with Crippen molar-refractivity contribution in [2.45, 2.75) is 98.0 Å². The van der Waals surface area contributed by atoms with Crippen molar-refractivity contribution in [3.63, 3.8) is 0 Å². The lowest BCUT2D eigenvalue weighted by atomic mass is 9.44. The lowest BCUT2D eigenvalue weighted by Crippen LogP contribution is -2.57. The molecule has 0 spiro atoms. The summed E-state index contributed by atoms with van der Waals surface area (Å²) in [7, 11) is 0. The first-order valence-electron chi connectivity index (χ1n) is 11.9. The Balaban J connectivity index is 1.56. The summed E-state index contributed by atoms with van der Waals surface area (Å²) in [6.07, 6.45) is 9.89. The molecular weight excluding hydrogens is 348 g/mol. The minimum Gasteiger partial charge on any atom is -0.393 e. The average molecular weight is 389 g/mol. The van der Waals surface area contributed by atoms with Gasteiger partial charge in [-0.2, -0.15) is 0 Å². The minimum atomic E-state index is -0.200. The van der Waals surface area contributed by atoms with Crippen molar-refractivity contribution >= 4 is 11.6 Å². The highest BCUT2D eigenvalue weighted by Crippen LogP contribution is 2.67. The third kappa shape index (κ3) is 3.11. The van der Waals surface area contributed by atoms with Gasteiger partial charge in [0.2, 0.25) is 0 Å². The highest BCUT2D eigenvalue weighted by Gasteiger charge is 2.62. The van der Waals surface area contributed by atoms with Crippen LogP contribution < -0.4 is 0 Å². The molecule has 0 saturated heterocycles. The number of aliphatic hydroxyl groups excluding tert-OH is 1. The molecule has 3 heteroatoms. The number of Topliss-reactive ketones (excluding diaryl/α,β-unsaturated/α-hetero) is 2. The van der Waals surface area contributed by atoms with Crippen LogP contribution in [0.4, 0.5) is 0 Å². The number of hydrogen-bond acceptors (Lipinski definition) is 3. The molecule has 0 aromatic carbocycles. The van der Waals surface area contributed by atoms with Gasteiger partial charge in [0.15, 0.2) is 0 Å².